The van der Waals surface area contributed by atoms with Gasteiger partial charge in [-0.25, -0.2) is 4.79 Å². The van der Waals surface area contributed by atoms with E-state index in [1.165, 1.54) is 0 Å². The molecule has 2 aromatic rings. The average Bonchev–Trinajstić information content (AvgIpc) is 2.66. The number of aryl methyl sites for hydroxylation is 1. The van der Waals surface area contributed by atoms with Crippen molar-refractivity contribution in [3.8, 4) is 0 Å². The molecule has 2 rings (SSSR count). The summed E-state index contributed by atoms with van der Waals surface area (Å²) in [4.78, 5) is 15.2. The van der Waals surface area contributed by atoms with E-state index in [4.69, 9.17) is 5.11 Å². The predicted molar refractivity (Wildman–Crippen MR) is 59.5 cm³/mol. The van der Waals surface area contributed by atoms with Crippen molar-refractivity contribution in [2.45, 2.75) is 13.5 Å². The van der Waals surface area contributed by atoms with Crippen LogP contribution in [0.25, 0.3) is 0 Å². The molecule has 2 heterocycles. The van der Waals surface area contributed by atoms with Crippen LogP contribution in [-0.4, -0.2) is 20.6 Å². The summed E-state index contributed by atoms with van der Waals surface area (Å²) in [5, 5.41) is 8.95. The number of carboxylic acid groups (broad SMARTS) is 1. The van der Waals surface area contributed by atoms with Crippen molar-refractivity contribution in [1.82, 2.24) is 9.55 Å². The number of aromatic carboxylic acids is 1. The Morgan fingerprint density at radius 1 is 1.38 bits per heavy atom. The fourth-order valence-corrected chi connectivity index (χ4v) is 1.61. The number of pyridine rings is 1. The van der Waals surface area contributed by atoms with Gasteiger partial charge < -0.3 is 9.67 Å². The number of nitrogens with zero attached hydrogens (tertiary/aromatic N) is 2. The summed E-state index contributed by atoms with van der Waals surface area (Å²) in [5.74, 6) is -0.919. The van der Waals surface area contributed by atoms with Crippen LogP contribution in [0.15, 0.2) is 36.5 Å². The van der Waals surface area contributed by atoms with Gasteiger partial charge in [-0.3, -0.25) is 4.98 Å². The van der Waals surface area contributed by atoms with Crippen molar-refractivity contribution in [3.05, 3.63) is 53.6 Å². The zero-order valence-corrected chi connectivity index (χ0v) is 8.92. The molecule has 0 unspecified atom stereocenters. The van der Waals surface area contributed by atoms with Crippen LogP contribution in [0.3, 0.4) is 0 Å². The maximum Gasteiger partial charge on any atom is 0.352 e. The molecule has 0 spiro atoms. The minimum Gasteiger partial charge on any atom is -0.477 e. The van der Waals surface area contributed by atoms with Gasteiger partial charge in [0.2, 0.25) is 0 Å². The van der Waals surface area contributed by atoms with E-state index < -0.39 is 5.97 Å². The van der Waals surface area contributed by atoms with E-state index in [1.54, 1.807) is 22.9 Å². The predicted octanol–water partition coefficient (Wildman–Crippen LogP) is 1.94. The maximum absolute atomic E-state index is 10.9. The molecular weight excluding hydrogens is 204 g/mol. The first-order valence-electron chi connectivity index (χ1n) is 4.98. The Kier molecular flexibility index (Phi) is 2.72. The lowest BCUT2D eigenvalue weighted by molar-refractivity contribution is 0.0685. The fourth-order valence-electron chi connectivity index (χ4n) is 1.61. The monoisotopic (exact) mass is 216 g/mol. The lowest BCUT2D eigenvalue weighted by Crippen LogP contribution is -2.09. The van der Waals surface area contributed by atoms with Crippen LogP contribution < -0.4 is 0 Å². The normalized spacial score (nSPS) is 10.3. The van der Waals surface area contributed by atoms with Crippen molar-refractivity contribution in [3.63, 3.8) is 0 Å². The molecule has 16 heavy (non-hydrogen) atoms. The van der Waals surface area contributed by atoms with Crippen LogP contribution in [0.5, 0.6) is 0 Å². The van der Waals surface area contributed by atoms with E-state index in [9.17, 15) is 4.79 Å². The van der Waals surface area contributed by atoms with Crippen LogP contribution in [0.2, 0.25) is 0 Å². The number of hydrogen-bond acceptors (Lipinski definition) is 2. The lowest BCUT2D eigenvalue weighted by Gasteiger charge is -2.06. The van der Waals surface area contributed by atoms with Crippen molar-refractivity contribution in [2.75, 3.05) is 0 Å². The van der Waals surface area contributed by atoms with Crippen LogP contribution in [0, 0.1) is 6.92 Å². The Labute approximate surface area is 93.2 Å². The highest BCUT2D eigenvalue weighted by molar-refractivity contribution is 5.85. The molecule has 0 atom stereocenters. The molecule has 0 saturated heterocycles. The summed E-state index contributed by atoms with van der Waals surface area (Å²) in [7, 11) is 0. The molecule has 82 valence electrons. The summed E-state index contributed by atoms with van der Waals surface area (Å²) in [5.41, 5.74) is 2.07. The second kappa shape index (κ2) is 4.18. The zero-order chi connectivity index (χ0) is 11.5. The van der Waals surface area contributed by atoms with Crippen LogP contribution in [0.1, 0.15) is 21.9 Å². The molecule has 0 aliphatic carbocycles. The zero-order valence-electron chi connectivity index (χ0n) is 8.92. The second-order valence-corrected chi connectivity index (χ2v) is 3.60. The summed E-state index contributed by atoms with van der Waals surface area (Å²) in [6.07, 6.45) is 1.74. The first-order valence-corrected chi connectivity index (χ1v) is 4.98. The molecule has 0 bridgehead atoms. The minimum atomic E-state index is -0.919. The minimum absolute atomic E-state index is 0.281. The number of rotatable bonds is 3. The molecule has 0 fully saturated rings. The van der Waals surface area contributed by atoms with Gasteiger partial charge in [0, 0.05) is 11.9 Å². The molecule has 0 saturated carbocycles. The smallest absolute Gasteiger partial charge is 0.352 e. The van der Waals surface area contributed by atoms with Gasteiger partial charge in [-0.2, -0.15) is 0 Å². The molecule has 1 N–H and O–H groups in total. The average molecular weight is 216 g/mol. The Morgan fingerprint density at radius 3 is 2.88 bits per heavy atom. The van der Waals surface area contributed by atoms with Gasteiger partial charge in [0.25, 0.3) is 0 Å². The Morgan fingerprint density at radius 2 is 2.19 bits per heavy atom. The van der Waals surface area contributed by atoms with Gasteiger partial charge in [-0.05, 0) is 31.2 Å². The second-order valence-electron chi connectivity index (χ2n) is 3.60. The lowest BCUT2D eigenvalue weighted by atomic mass is 10.3. The number of carbonyl (C=O) groups is 1. The third kappa shape index (κ3) is 2.11. The first-order chi connectivity index (χ1) is 7.66. The highest BCUT2D eigenvalue weighted by Crippen LogP contribution is 2.06. The first kappa shape index (κ1) is 10.4. The molecule has 4 heteroatoms. The van der Waals surface area contributed by atoms with Crippen LogP contribution >= 0.6 is 0 Å². The van der Waals surface area contributed by atoms with Gasteiger partial charge in [0.1, 0.15) is 5.69 Å². The molecule has 2 aromatic heterocycles. The van der Waals surface area contributed by atoms with E-state index in [0.717, 1.165) is 11.4 Å². The van der Waals surface area contributed by atoms with E-state index in [1.807, 2.05) is 25.1 Å². The largest absolute Gasteiger partial charge is 0.477 e. The van der Waals surface area contributed by atoms with Crippen molar-refractivity contribution in [1.29, 1.82) is 0 Å². The Hall–Kier alpha value is -2.10. The van der Waals surface area contributed by atoms with E-state index >= 15 is 0 Å². The van der Waals surface area contributed by atoms with Gasteiger partial charge in [-0.15, -0.1) is 0 Å². The number of aromatic nitrogens is 2. The Balaban J connectivity index is 2.27. The topological polar surface area (TPSA) is 55.1 Å². The molecule has 0 radical (unpaired) electrons. The van der Waals surface area contributed by atoms with Gasteiger partial charge >= 0.3 is 5.97 Å². The molecule has 0 amide bonds. The van der Waals surface area contributed by atoms with Gasteiger partial charge in [0.05, 0.1) is 12.2 Å². The SMILES string of the molecule is Cc1cccc(Cn2cccc2C(=O)O)n1. The molecule has 0 aliphatic rings. The molecular formula is C12H12N2O2. The van der Waals surface area contributed by atoms with E-state index in [2.05, 4.69) is 4.98 Å². The summed E-state index contributed by atoms with van der Waals surface area (Å²) in [6.45, 7) is 2.40. The van der Waals surface area contributed by atoms with Gasteiger partial charge in [-0.1, -0.05) is 6.07 Å². The molecule has 4 nitrogen and oxygen atoms in total. The summed E-state index contributed by atoms with van der Waals surface area (Å²) < 4.78 is 1.67. The highest BCUT2D eigenvalue weighted by Gasteiger charge is 2.08. The van der Waals surface area contributed by atoms with E-state index in [0.29, 0.717) is 6.54 Å². The van der Waals surface area contributed by atoms with Gasteiger partial charge in [0.15, 0.2) is 0 Å². The third-order valence-electron chi connectivity index (χ3n) is 2.33. The third-order valence-corrected chi connectivity index (χ3v) is 2.33. The summed E-state index contributed by atoms with van der Waals surface area (Å²) >= 11 is 0. The maximum atomic E-state index is 10.9. The highest BCUT2D eigenvalue weighted by atomic mass is 16.4. The van der Waals surface area contributed by atoms with E-state index in [-0.39, 0.29) is 5.69 Å². The standard InChI is InChI=1S/C12H12N2O2/c1-9-4-2-5-10(13-9)8-14-7-3-6-11(14)12(15)16/h2-7H,8H2,1H3,(H,15,16). The number of hydrogen-bond donors (Lipinski definition) is 1. The quantitative estimate of drug-likeness (QED) is 0.853. The van der Waals surface area contributed by atoms with Crippen molar-refractivity contribution in [2.24, 2.45) is 0 Å². The Bertz CT molecular complexity index is 517. The van der Waals surface area contributed by atoms with Crippen LogP contribution in [0.4, 0.5) is 0 Å². The summed E-state index contributed by atoms with van der Waals surface area (Å²) in [6, 6.07) is 9.02. The fraction of sp³-hybridized carbons (Fsp3) is 0.167. The molecule has 0 aliphatic heterocycles. The van der Waals surface area contributed by atoms with Crippen LogP contribution in [-0.2, 0) is 6.54 Å². The van der Waals surface area contributed by atoms with Crippen molar-refractivity contribution < 1.29 is 9.90 Å². The number of carboxylic acids is 1. The van der Waals surface area contributed by atoms with Crippen molar-refractivity contribution >= 4 is 5.97 Å². The molecule has 0 aromatic carbocycles.